The van der Waals surface area contributed by atoms with Crippen molar-refractivity contribution in [3.63, 3.8) is 0 Å². The van der Waals surface area contributed by atoms with Crippen molar-refractivity contribution in [1.29, 1.82) is 0 Å². The number of hydrogen-bond acceptors (Lipinski definition) is 6. The molecule has 2 aromatic carbocycles. The molecule has 1 saturated carbocycles. The van der Waals surface area contributed by atoms with Crippen molar-refractivity contribution in [3.8, 4) is 5.75 Å². The number of halogens is 1. The van der Waals surface area contributed by atoms with Gasteiger partial charge >= 0.3 is 5.97 Å². The second-order valence-electron chi connectivity index (χ2n) is 9.01. The fourth-order valence-corrected chi connectivity index (χ4v) is 5.53. The lowest BCUT2D eigenvalue weighted by atomic mass is 10.0. The molecule has 5 rings (SSSR count). The lowest BCUT2D eigenvalue weighted by Crippen LogP contribution is -2.21. The first-order valence-electron chi connectivity index (χ1n) is 11.3. The highest BCUT2D eigenvalue weighted by atomic mass is 32.2. The zero-order valence-corrected chi connectivity index (χ0v) is 19.0. The Morgan fingerprint density at radius 2 is 2.21 bits per heavy atom. The van der Waals surface area contributed by atoms with Crippen molar-refractivity contribution in [2.75, 3.05) is 37.6 Å². The highest BCUT2D eigenvalue weighted by Crippen LogP contribution is 2.55. The summed E-state index contributed by atoms with van der Waals surface area (Å²) in [7, 11) is 0. The van der Waals surface area contributed by atoms with E-state index in [4.69, 9.17) is 4.74 Å². The van der Waals surface area contributed by atoms with Gasteiger partial charge in [-0.25, -0.2) is 9.18 Å². The standard InChI is InChI=1S/C25H27FN2O4S/c26-18-3-6-22(16(10-18)2-1-8-28-9-7-15(12-28)13-29)33-27-21-5-4-19-20-11-17(20)14-32-24(19)23(21)25(30)31/h1-6,10,15,17,20,27,29H,7-9,11-14H2,(H,30,31)/b2-1-/t15-,17+,20?/m1/s1. The highest BCUT2D eigenvalue weighted by Gasteiger charge is 2.45. The topological polar surface area (TPSA) is 82.0 Å². The van der Waals surface area contributed by atoms with Crippen LogP contribution in [0.15, 0.2) is 41.3 Å². The highest BCUT2D eigenvalue weighted by molar-refractivity contribution is 8.00. The smallest absolute Gasteiger partial charge is 0.341 e. The molecular weight excluding hydrogens is 443 g/mol. The Labute approximate surface area is 196 Å². The zero-order chi connectivity index (χ0) is 22.9. The Bertz CT molecular complexity index is 1090. The Morgan fingerprint density at radius 3 is 3.00 bits per heavy atom. The summed E-state index contributed by atoms with van der Waals surface area (Å²) >= 11 is 1.26. The molecule has 3 atom stereocenters. The first-order chi connectivity index (χ1) is 16.0. The van der Waals surface area contributed by atoms with Crippen LogP contribution in [0.25, 0.3) is 6.08 Å². The van der Waals surface area contributed by atoms with Gasteiger partial charge in [-0.3, -0.25) is 4.90 Å². The third-order valence-corrected chi connectivity index (χ3v) is 7.61. The Morgan fingerprint density at radius 1 is 1.33 bits per heavy atom. The van der Waals surface area contributed by atoms with E-state index in [9.17, 15) is 19.4 Å². The van der Waals surface area contributed by atoms with Crippen LogP contribution in [-0.2, 0) is 0 Å². The monoisotopic (exact) mass is 470 g/mol. The molecule has 3 aliphatic rings. The Kier molecular flexibility index (Phi) is 6.32. The van der Waals surface area contributed by atoms with Crippen LogP contribution in [0.3, 0.4) is 0 Å². The van der Waals surface area contributed by atoms with Crippen molar-refractivity contribution < 1.29 is 24.1 Å². The number of anilines is 1. The number of fused-ring (bicyclic) bond motifs is 3. The molecule has 2 fully saturated rings. The van der Waals surface area contributed by atoms with E-state index in [2.05, 4.69) is 9.62 Å². The van der Waals surface area contributed by atoms with E-state index < -0.39 is 5.97 Å². The third-order valence-electron chi connectivity index (χ3n) is 6.70. The van der Waals surface area contributed by atoms with Crippen LogP contribution in [0, 0.1) is 17.7 Å². The van der Waals surface area contributed by atoms with Crippen LogP contribution < -0.4 is 9.46 Å². The molecular formula is C25H27FN2O4S. The number of carbonyl (C=O) groups is 1. The summed E-state index contributed by atoms with van der Waals surface area (Å²) in [5.41, 5.74) is 2.32. The number of hydrogen-bond donors (Lipinski definition) is 3. The number of nitrogens with zero attached hydrogens (tertiary/aromatic N) is 1. The molecule has 8 heteroatoms. The van der Waals surface area contributed by atoms with Gasteiger partial charge in [-0.2, -0.15) is 0 Å². The summed E-state index contributed by atoms with van der Waals surface area (Å²) in [4.78, 5) is 15.1. The molecule has 1 saturated heterocycles. The van der Waals surface area contributed by atoms with Gasteiger partial charge in [0.1, 0.15) is 17.1 Å². The van der Waals surface area contributed by atoms with E-state index in [1.165, 1.54) is 24.1 Å². The second-order valence-corrected chi connectivity index (χ2v) is 9.86. The fraction of sp³-hybridized carbons (Fsp3) is 0.400. The first kappa shape index (κ1) is 22.3. The average Bonchev–Trinajstić information content (AvgIpc) is 3.47. The van der Waals surface area contributed by atoms with E-state index in [1.807, 2.05) is 18.2 Å². The van der Waals surface area contributed by atoms with Gasteiger partial charge in [0.25, 0.3) is 0 Å². The molecule has 0 aromatic heterocycles. The Balaban J connectivity index is 1.31. The van der Waals surface area contributed by atoms with Crippen molar-refractivity contribution in [2.24, 2.45) is 11.8 Å². The number of aliphatic hydroxyl groups is 1. The maximum atomic E-state index is 13.9. The number of nitrogens with one attached hydrogen (secondary N) is 1. The number of ether oxygens (including phenoxy) is 1. The summed E-state index contributed by atoms with van der Waals surface area (Å²) in [6.07, 6.45) is 5.94. The van der Waals surface area contributed by atoms with Gasteiger partial charge in [-0.05, 0) is 78.6 Å². The molecule has 3 N–H and O–H groups in total. The average molecular weight is 471 g/mol. The summed E-state index contributed by atoms with van der Waals surface area (Å²) in [6, 6.07) is 8.31. The number of rotatable bonds is 8. The zero-order valence-electron chi connectivity index (χ0n) is 18.2. The van der Waals surface area contributed by atoms with Gasteiger partial charge in [0.15, 0.2) is 0 Å². The molecule has 6 nitrogen and oxygen atoms in total. The normalized spacial score (nSPS) is 23.8. The second kappa shape index (κ2) is 9.37. The number of carboxylic acids is 1. The van der Waals surface area contributed by atoms with E-state index in [1.54, 1.807) is 12.1 Å². The van der Waals surface area contributed by atoms with Crippen LogP contribution in [-0.4, -0.2) is 53.9 Å². The van der Waals surface area contributed by atoms with Gasteiger partial charge in [-0.15, -0.1) is 0 Å². The number of aromatic carboxylic acids is 1. The van der Waals surface area contributed by atoms with Gasteiger partial charge < -0.3 is 19.7 Å². The number of likely N-dealkylation sites (tertiary alicyclic amines) is 1. The minimum Gasteiger partial charge on any atom is -0.492 e. The maximum absolute atomic E-state index is 13.9. The van der Waals surface area contributed by atoms with Crippen LogP contribution in [0.4, 0.5) is 10.1 Å². The Hall–Kier alpha value is -2.55. The fourth-order valence-electron chi connectivity index (χ4n) is 4.76. The minimum atomic E-state index is -1.03. The number of benzene rings is 2. The predicted octanol–water partition coefficient (Wildman–Crippen LogP) is 4.47. The summed E-state index contributed by atoms with van der Waals surface area (Å²) < 4.78 is 22.9. The molecule has 2 heterocycles. The molecule has 2 aromatic rings. The van der Waals surface area contributed by atoms with E-state index in [0.717, 1.165) is 48.5 Å². The van der Waals surface area contributed by atoms with Crippen LogP contribution in [0.5, 0.6) is 5.75 Å². The lowest BCUT2D eigenvalue weighted by molar-refractivity contribution is 0.0692. The van der Waals surface area contributed by atoms with Gasteiger partial charge in [0.2, 0.25) is 0 Å². The quantitative estimate of drug-likeness (QED) is 0.491. The van der Waals surface area contributed by atoms with Gasteiger partial charge in [0, 0.05) is 30.5 Å². The summed E-state index contributed by atoms with van der Waals surface area (Å²) in [5.74, 6) is 0.366. The van der Waals surface area contributed by atoms with E-state index >= 15 is 0 Å². The van der Waals surface area contributed by atoms with E-state index in [0.29, 0.717) is 35.8 Å². The third kappa shape index (κ3) is 4.74. The molecule has 0 spiro atoms. The SMILES string of the molecule is O=C(O)c1c(NSc2ccc(F)cc2/C=C\CN2CC[C@@H](CO)C2)ccc2c1OC[C@@H]1CC21. The molecule has 33 heavy (non-hydrogen) atoms. The van der Waals surface area contributed by atoms with Gasteiger partial charge in [0.05, 0.1) is 12.3 Å². The molecule has 0 radical (unpaired) electrons. The molecule has 0 amide bonds. The molecule has 0 bridgehead atoms. The van der Waals surface area contributed by atoms with Crippen molar-refractivity contribution in [2.45, 2.75) is 23.7 Å². The van der Waals surface area contributed by atoms with E-state index in [-0.39, 0.29) is 18.0 Å². The van der Waals surface area contributed by atoms with Gasteiger partial charge in [-0.1, -0.05) is 18.2 Å². The van der Waals surface area contributed by atoms with Crippen molar-refractivity contribution >= 4 is 29.7 Å². The number of aliphatic hydroxyl groups excluding tert-OH is 1. The lowest BCUT2D eigenvalue weighted by Gasteiger charge is -2.21. The minimum absolute atomic E-state index is 0.150. The summed E-state index contributed by atoms with van der Waals surface area (Å²) in [6.45, 7) is 3.33. The van der Waals surface area contributed by atoms with Crippen molar-refractivity contribution in [1.82, 2.24) is 4.90 Å². The van der Waals surface area contributed by atoms with Crippen LogP contribution >= 0.6 is 11.9 Å². The van der Waals surface area contributed by atoms with Crippen LogP contribution in [0.2, 0.25) is 0 Å². The maximum Gasteiger partial charge on any atom is 0.341 e. The number of carboxylic acid groups (broad SMARTS) is 1. The molecule has 1 aliphatic carbocycles. The predicted molar refractivity (Wildman–Crippen MR) is 126 cm³/mol. The molecule has 1 unspecified atom stereocenters. The molecule has 2 aliphatic heterocycles. The van der Waals surface area contributed by atoms with Crippen molar-refractivity contribution in [3.05, 3.63) is 58.9 Å². The molecule has 174 valence electrons. The largest absolute Gasteiger partial charge is 0.492 e. The van der Waals surface area contributed by atoms with Crippen LogP contribution in [0.1, 0.15) is 40.2 Å². The summed E-state index contributed by atoms with van der Waals surface area (Å²) in [5, 5.41) is 19.2. The first-order valence-corrected chi connectivity index (χ1v) is 12.1.